The van der Waals surface area contributed by atoms with Crippen molar-refractivity contribution >= 4 is 27.5 Å². The summed E-state index contributed by atoms with van der Waals surface area (Å²) < 4.78 is 39.5. The second kappa shape index (κ2) is 13.3. The van der Waals surface area contributed by atoms with Gasteiger partial charge in [0, 0.05) is 18.7 Å². The minimum absolute atomic E-state index is 0.0215. The third-order valence-electron chi connectivity index (χ3n) is 6.34. The topological polar surface area (TPSA) is 105 Å². The van der Waals surface area contributed by atoms with E-state index in [0.717, 1.165) is 15.4 Å². The molecule has 3 aromatic rings. The van der Waals surface area contributed by atoms with E-state index in [9.17, 15) is 18.0 Å². The summed E-state index contributed by atoms with van der Waals surface area (Å²) in [4.78, 5) is 28.4. The lowest BCUT2D eigenvalue weighted by molar-refractivity contribution is -0.139. The predicted octanol–water partition coefficient (Wildman–Crippen LogP) is 4.15. The molecule has 2 amide bonds. The number of ether oxygens (including phenoxy) is 2. The third-order valence-corrected chi connectivity index (χ3v) is 8.13. The molecule has 0 radical (unpaired) electrons. The Balaban J connectivity index is 2.07. The Hall–Kier alpha value is -4.05. The van der Waals surface area contributed by atoms with Crippen LogP contribution in [0.15, 0.2) is 77.7 Å². The normalized spacial score (nSPS) is 12.0. The number of methoxy groups -OCH3 is 2. The lowest BCUT2D eigenvalue weighted by Crippen LogP contribution is -2.52. The standard InChI is InChI=1S/C30H37N3O6S/c1-21(2)31-30(35)23(4)32(19-24-14-12-22(3)13-15-24)29(34)20-33(40(36,37)26-10-8-7-9-11-26)25-16-17-27(38-5)28(18-25)39-6/h7-18,21,23H,19-20H2,1-6H3,(H,31,35)/t23-/m1/s1. The molecule has 0 spiro atoms. The molecule has 0 aliphatic heterocycles. The third kappa shape index (κ3) is 7.32. The van der Waals surface area contributed by atoms with E-state index in [1.807, 2.05) is 45.0 Å². The zero-order chi connectivity index (χ0) is 29.4. The molecule has 214 valence electrons. The minimum atomic E-state index is -4.18. The van der Waals surface area contributed by atoms with Crippen LogP contribution in [0.4, 0.5) is 5.69 Å². The van der Waals surface area contributed by atoms with Gasteiger partial charge in [0.1, 0.15) is 12.6 Å². The van der Waals surface area contributed by atoms with E-state index in [1.165, 1.54) is 37.3 Å². The number of carbonyl (C=O) groups excluding carboxylic acids is 2. The van der Waals surface area contributed by atoms with Gasteiger partial charge in [-0.25, -0.2) is 8.42 Å². The van der Waals surface area contributed by atoms with Crippen LogP contribution in [0.1, 0.15) is 31.9 Å². The van der Waals surface area contributed by atoms with Crippen molar-refractivity contribution in [2.75, 3.05) is 25.1 Å². The van der Waals surface area contributed by atoms with Gasteiger partial charge < -0.3 is 19.7 Å². The average Bonchev–Trinajstić information content (AvgIpc) is 2.94. The Morgan fingerprint density at radius 1 is 0.875 bits per heavy atom. The summed E-state index contributed by atoms with van der Waals surface area (Å²) in [6.07, 6.45) is 0. The van der Waals surface area contributed by atoms with Gasteiger partial charge in [-0.15, -0.1) is 0 Å². The van der Waals surface area contributed by atoms with Gasteiger partial charge in [-0.05, 0) is 57.5 Å². The highest BCUT2D eigenvalue weighted by molar-refractivity contribution is 7.92. The number of hydrogen-bond donors (Lipinski definition) is 1. The number of aryl methyl sites for hydroxylation is 1. The molecule has 10 heteroatoms. The summed E-state index contributed by atoms with van der Waals surface area (Å²) in [5, 5.41) is 2.85. The molecule has 1 N–H and O–H groups in total. The van der Waals surface area contributed by atoms with Gasteiger partial charge in [-0.1, -0.05) is 48.0 Å². The number of nitrogens with zero attached hydrogens (tertiary/aromatic N) is 2. The molecule has 0 bridgehead atoms. The Bertz CT molecular complexity index is 1410. The highest BCUT2D eigenvalue weighted by atomic mass is 32.2. The number of amides is 2. The smallest absolute Gasteiger partial charge is 0.264 e. The summed E-state index contributed by atoms with van der Waals surface area (Å²) >= 11 is 0. The van der Waals surface area contributed by atoms with Crippen molar-refractivity contribution in [3.8, 4) is 11.5 Å². The van der Waals surface area contributed by atoms with Crippen LogP contribution in [0, 0.1) is 6.92 Å². The molecular formula is C30H37N3O6S. The number of carbonyl (C=O) groups is 2. The van der Waals surface area contributed by atoms with Crippen LogP contribution < -0.4 is 19.1 Å². The number of rotatable bonds is 12. The Morgan fingerprint density at radius 3 is 2.08 bits per heavy atom. The highest BCUT2D eigenvalue weighted by Gasteiger charge is 2.33. The Morgan fingerprint density at radius 2 is 1.50 bits per heavy atom. The van der Waals surface area contributed by atoms with Crippen LogP contribution in [0.2, 0.25) is 0 Å². The van der Waals surface area contributed by atoms with E-state index >= 15 is 0 Å². The molecule has 0 fully saturated rings. The SMILES string of the molecule is COc1ccc(N(CC(=O)N(Cc2ccc(C)cc2)[C@H](C)C(=O)NC(C)C)S(=O)(=O)c2ccccc2)cc1OC. The molecule has 0 aliphatic carbocycles. The van der Waals surface area contributed by atoms with Gasteiger partial charge in [0.15, 0.2) is 11.5 Å². The van der Waals surface area contributed by atoms with Crippen LogP contribution in [0.25, 0.3) is 0 Å². The maximum atomic E-state index is 14.0. The molecule has 40 heavy (non-hydrogen) atoms. The first-order valence-electron chi connectivity index (χ1n) is 12.9. The number of nitrogens with one attached hydrogen (secondary N) is 1. The number of benzene rings is 3. The van der Waals surface area contributed by atoms with Gasteiger partial charge in [-0.2, -0.15) is 0 Å². The summed E-state index contributed by atoms with van der Waals surface area (Å²) in [7, 11) is -1.26. The maximum absolute atomic E-state index is 14.0. The molecule has 3 aromatic carbocycles. The van der Waals surface area contributed by atoms with E-state index in [2.05, 4.69) is 5.32 Å². The van der Waals surface area contributed by atoms with Crippen LogP contribution in [0.5, 0.6) is 11.5 Å². The van der Waals surface area contributed by atoms with E-state index in [1.54, 1.807) is 37.3 Å². The van der Waals surface area contributed by atoms with E-state index in [-0.39, 0.29) is 29.1 Å². The summed E-state index contributed by atoms with van der Waals surface area (Å²) in [6, 6.07) is 19.1. The van der Waals surface area contributed by atoms with Gasteiger partial charge in [-0.3, -0.25) is 13.9 Å². The van der Waals surface area contributed by atoms with Gasteiger partial charge in [0.2, 0.25) is 11.8 Å². The molecule has 0 saturated heterocycles. The van der Waals surface area contributed by atoms with Gasteiger partial charge in [0.25, 0.3) is 10.0 Å². The molecule has 0 heterocycles. The summed E-state index contributed by atoms with van der Waals surface area (Å²) in [5.74, 6) is -0.156. The molecule has 1 atom stereocenters. The molecule has 3 rings (SSSR count). The van der Waals surface area contributed by atoms with Crippen LogP contribution in [0.3, 0.4) is 0 Å². The largest absolute Gasteiger partial charge is 0.493 e. The molecule has 0 aromatic heterocycles. The van der Waals surface area contributed by atoms with Crippen molar-refractivity contribution in [2.45, 2.75) is 51.2 Å². The number of sulfonamides is 1. The second-order valence-corrected chi connectivity index (χ2v) is 11.6. The van der Waals surface area contributed by atoms with Crippen molar-refractivity contribution in [1.82, 2.24) is 10.2 Å². The number of hydrogen-bond acceptors (Lipinski definition) is 6. The fourth-order valence-electron chi connectivity index (χ4n) is 4.11. The second-order valence-electron chi connectivity index (χ2n) is 9.71. The summed E-state index contributed by atoms with van der Waals surface area (Å²) in [6.45, 7) is 6.84. The van der Waals surface area contributed by atoms with Crippen molar-refractivity contribution in [2.24, 2.45) is 0 Å². The highest BCUT2D eigenvalue weighted by Crippen LogP contribution is 2.34. The zero-order valence-electron chi connectivity index (χ0n) is 23.7. The molecule has 9 nitrogen and oxygen atoms in total. The van der Waals surface area contributed by atoms with Gasteiger partial charge in [0.05, 0.1) is 24.8 Å². The Labute approximate surface area is 236 Å². The number of anilines is 1. The fourth-order valence-corrected chi connectivity index (χ4v) is 5.53. The van der Waals surface area contributed by atoms with E-state index < -0.39 is 28.5 Å². The monoisotopic (exact) mass is 567 g/mol. The maximum Gasteiger partial charge on any atom is 0.264 e. The van der Waals surface area contributed by atoms with E-state index in [0.29, 0.717) is 11.5 Å². The molecule has 0 unspecified atom stereocenters. The lowest BCUT2D eigenvalue weighted by Gasteiger charge is -2.32. The van der Waals surface area contributed by atoms with Crippen molar-refractivity contribution < 1.29 is 27.5 Å². The minimum Gasteiger partial charge on any atom is -0.493 e. The van der Waals surface area contributed by atoms with Gasteiger partial charge >= 0.3 is 0 Å². The van der Waals surface area contributed by atoms with Crippen LogP contribution in [-0.2, 0) is 26.2 Å². The molecule has 0 aliphatic rings. The van der Waals surface area contributed by atoms with Crippen LogP contribution in [-0.4, -0.2) is 58.0 Å². The first-order chi connectivity index (χ1) is 19.0. The van der Waals surface area contributed by atoms with E-state index in [4.69, 9.17) is 9.47 Å². The zero-order valence-corrected chi connectivity index (χ0v) is 24.6. The molecule has 0 saturated carbocycles. The van der Waals surface area contributed by atoms with Crippen molar-refractivity contribution in [1.29, 1.82) is 0 Å². The molecular weight excluding hydrogens is 530 g/mol. The van der Waals surface area contributed by atoms with Crippen molar-refractivity contribution in [3.63, 3.8) is 0 Å². The first kappa shape index (κ1) is 30.5. The fraction of sp³-hybridized carbons (Fsp3) is 0.333. The van der Waals surface area contributed by atoms with Crippen molar-refractivity contribution in [3.05, 3.63) is 83.9 Å². The predicted molar refractivity (Wildman–Crippen MR) is 155 cm³/mol. The summed E-state index contributed by atoms with van der Waals surface area (Å²) in [5.41, 5.74) is 2.08. The first-order valence-corrected chi connectivity index (χ1v) is 14.4. The average molecular weight is 568 g/mol. The lowest BCUT2D eigenvalue weighted by atomic mass is 10.1. The quantitative estimate of drug-likeness (QED) is 0.353. The van der Waals surface area contributed by atoms with Crippen LogP contribution >= 0.6 is 0 Å². The Kier molecular flexibility index (Phi) is 10.2.